The Bertz CT molecular complexity index is 1330. The lowest BCUT2D eigenvalue weighted by molar-refractivity contribution is -0.320. The van der Waals surface area contributed by atoms with Crippen molar-refractivity contribution < 1.29 is 54.1 Å². The van der Waals surface area contributed by atoms with E-state index in [4.69, 9.17) is 18.9 Å². The Hall–Kier alpha value is -2.16. The molecule has 12 heteroatoms. The van der Waals surface area contributed by atoms with E-state index < -0.39 is 100 Å². The molecule has 0 amide bonds. The van der Waals surface area contributed by atoms with Gasteiger partial charge in [-0.2, -0.15) is 0 Å². The number of methoxy groups -OCH3 is 2. The van der Waals surface area contributed by atoms with Crippen molar-refractivity contribution in [3.05, 3.63) is 35.9 Å². The first-order valence-corrected chi connectivity index (χ1v) is 15.6. The van der Waals surface area contributed by atoms with Gasteiger partial charge in [-0.05, 0) is 31.0 Å². The number of hydrogen-bond acceptors (Lipinski definition) is 12. The molecule has 5 N–H and O–H groups in total. The Morgan fingerprint density at radius 2 is 1.75 bits per heavy atom. The highest BCUT2D eigenvalue weighted by Crippen LogP contribution is 2.80. The van der Waals surface area contributed by atoms with Gasteiger partial charge < -0.3 is 44.5 Å². The molecule has 12 nitrogen and oxygen atoms in total. The molecule has 0 radical (unpaired) electrons. The van der Waals surface area contributed by atoms with E-state index in [0.29, 0.717) is 13.1 Å². The van der Waals surface area contributed by atoms with Crippen LogP contribution in [0.5, 0.6) is 0 Å². The second kappa shape index (κ2) is 9.92. The van der Waals surface area contributed by atoms with Gasteiger partial charge in [0, 0.05) is 68.7 Å². The summed E-state index contributed by atoms with van der Waals surface area (Å²) in [5.41, 5.74) is -5.67. The second-order valence-electron chi connectivity index (χ2n) is 13.9. The van der Waals surface area contributed by atoms with Gasteiger partial charge in [0.05, 0.1) is 30.5 Å². The van der Waals surface area contributed by atoms with Crippen molar-refractivity contribution in [1.82, 2.24) is 4.90 Å². The van der Waals surface area contributed by atoms with Crippen molar-refractivity contribution in [3.8, 4) is 0 Å². The van der Waals surface area contributed by atoms with Gasteiger partial charge in [-0.3, -0.25) is 9.69 Å². The van der Waals surface area contributed by atoms with Gasteiger partial charge in [0.25, 0.3) is 0 Å². The van der Waals surface area contributed by atoms with Crippen molar-refractivity contribution in [1.29, 1.82) is 0 Å². The highest BCUT2D eigenvalue weighted by atomic mass is 16.6. The lowest BCUT2D eigenvalue weighted by atomic mass is 9.42. The van der Waals surface area contributed by atoms with E-state index in [-0.39, 0.29) is 25.0 Å². The first-order valence-electron chi connectivity index (χ1n) is 15.6. The quantitative estimate of drug-likeness (QED) is 0.245. The largest absolute Gasteiger partial charge is 0.455 e. The smallest absolute Gasteiger partial charge is 0.338 e. The summed E-state index contributed by atoms with van der Waals surface area (Å²) < 4.78 is 24.9. The van der Waals surface area contributed by atoms with Crippen LogP contribution in [0.15, 0.2) is 30.3 Å². The van der Waals surface area contributed by atoms with Crippen LogP contribution in [-0.4, -0.2) is 130 Å². The lowest BCUT2D eigenvalue weighted by Crippen LogP contribution is -2.81. The third kappa shape index (κ3) is 3.26. The molecule has 6 fully saturated rings. The molecule has 1 heterocycles. The van der Waals surface area contributed by atoms with Crippen LogP contribution in [0.25, 0.3) is 0 Å². The number of ether oxygens (including phenoxy) is 4. The van der Waals surface area contributed by atoms with Gasteiger partial charge in [0.1, 0.15) is 23.9 Å². The molecule has 1 aliphatic heterocycles. The standard InChI is InChI=1S/C32H43NO11/c1-5-33-13-29(14-34)18(36)11-19(41-3)31-17-12-30(40)25(37)26(38)32(44-15(2)35,21(24(31)33)22(42-4)23(29)31)20(17)27(30)43-28(39)16-9-7-6-8-10-16/h6-10,17-27,34,36-38,40H,5,11-14H2,1-4H3/t17-,18?,19+,20-,21+,22+,23-,24-,25+,26+,27-,29+,30-,31+,32-/m1/s1. The third-order valence-electron chi connectivity index (χ3n) is 12.8. The zero-order valence-corrected chi connectivity index (χ0v) is 25.4. The summed E-state index contributed by atoms with van der Waals surface area (Å²) in [6.07, 6.45) is -7.18. The van der Waals surface area contributed by atoms with Crippen molar-refractivity contribution in [2.75, 3.05) is 33.9 Å². The minimum Gasteiger partial charge on any atom is -0.455 e. The van der Waals surface area contributed by atoms with Crippen LogP contribution >= 0.6 is 0 Å². The number of rotatable bonds is 7. The molecule has 7 bridgehead atoms. The number of carbonyl (C=O) groups is 2. The van der Waals surface area contributed by atoms with Gasteiger partial charge in [-0.15, -0.1) is 0 Å². The summed E-state index contributed by atoms with van der Waals surface area (Å²) in [5, 5.41) is 59.1. The minimum atomic E-state index is -2.09. The molecule has 0 aromatic heterocycles. The van der Waals surface area contributed by atoms with E-state index in [1.807, 2.05) is 6.92 Å². The first kappa shape index (κ1) is 30.5. The Kier molecular flexibility index (Phi) is 6.87. The van der Waals surface area contributed by atoms with Crippen molar-refractivity contribution in [2.24, 2.45) is 34.5 Å². The van der Waals surface area contributed by atoms with Crippen LogP contribution in [0.2, 0.25) is 0 Å². The maximum Gasteiger partial charge on any atom is 0.338 e. The third-order valence-corrected chi connectivity index (χ3v) is 12.8. The number of piperidine rings is 1. The summed E-state index contributed by atoms with van der Waals surface area (Å²) in [6.45, 7) is 3.66. The molecular formula is C32H43NO11. The van der Waals surface area contributed by atoms with Crippen LogP contribution < -0.4 is 0 Å². The van der Waals surface area contributed by atoms with Crippen LogP contribution in [0.4, 0.5) is 0 Å². The SMILES string of the molecule is CCN1C[C@]2(CO)C(O)C[C@H](OC)[C@@]34[C@@H]5C[C@]6(O)[C@H](OC(=O)c7ccccc7)[C@@H]5[C@@](OC(C)=O)([C@@H]([C@H](OC)[C@H]23)[C@@H]14)[C@@H](O)[C@@H]6O. The number of likely N-dealkylation sites (tertiary alicyclic amines) is 1. The zero-order valence-electron chi connectivity index (χ0n) is 25.4. The summed E-state index contributed by atoms with van der Waals surface area (Å²) in [5.74, 6) is -4.39. The van der Waals surface area contributed by atoms with E-state index >= 15 is 0 Å². The number of benzene rings is 1. The predicted molar refractivity (Wildman–Crippen MR) is 151 cm³/mol. The molecule has 1 aromatic carbocycles. The number of aliphatic hydroxyl groups is 5. The molecule has 6 aliphatic rings. The Balaban J connectivity index is 1.52. The Morgan fingerprint density at radius 3 is 2.34 bits per heavy atom. The topological polar surface area (TPSA) is 175 Å². The summed E-state index contributed by atoms with van der Waals surface area (Å²) in [4.78, 5) is 28.8. The number of fused-ring (bicyclic) bond motifs is 2. The van der Waals surface area contributed by atoms with E-state index in [1.165, 1.54) is 14.0 Å². The zero-order chi connectivity index (χ0) is 31.6. The maximum atomic E-state index is 13.6. The number of nitrogens with zero attached hydrogens (tertiary/aromatic N) is 1. The molecule has 5 aliphatic carbocycles. The van der Waals surface area contributed by atoms with Gasteiger partial charge in [0.15, 0.2) is 5.60 Å². The fourth-order valence-electron chi connectivity index (χ4n) is 11.8. The average Bonchev–Trinajstić information content (AvgIpc) is 3.40. The molecule has 1 spiro atoms. The van der Waals surface area contributed by atoms with Crippen molar-refractivity contribution >= 4 is 11.9 Å². The summed E-state index contributed by atoms with van der Waals surface area (Å²) in [7, 11) is 3.09. The molecule has 1 saturated heterocycles. The normalized spacial score (nSPS) is 51.6. The Morgan fingerprint density at radius 1 is 1.05 bits per heavy atom. The molecule has 44 heavy (non-hydrogen) atoms. The van der Waals surface area contributed by atoms with Gasteiger partial charge in [-0.25, -0.2) is 4.79 Å². The summed E-state index contributed by atoms with van der Waals surface area (Å²) >= 11 is 0. The molecule has 1 aromatic rings. The van der Waals surface area contributed by atoms with Crippen molar-refractivity contribution in [3.63, 3.8) is 0 Å². The van der Waals surface area contributed by atoms with Gasteiger partial charge >= 0.3 is 11.9 Å². The fraction of sp³-hybridized carbons (Fsp3) is 0.750. The van der Waals surface area contributed by atoms with E-state index in [9.17, 15) is 35.1 Å². The minimum absolute atomic E-state index is 0.100. The number of carbonyl (C=O) groups excluding carboxylic acids is 2. The maximum absolute atomic E-state index is 13.6. The van der Waals surface area contributed by atoms with Gasteiger partial charge in [-0.1, -0.05) is 25.1 Å². The molecule has 1 unspecified atom stereocenters. The highest BCUT2D eigenvalue weighted by Gasteiger charge is 2.92. The lowest BCUT2D eigenvalue weighted by Gasteiger charge is -2.70. The molecular weight excluding hydrogens is 574 g/mol. The Labute approximate surface area is 255 Å². The molecule has 7 rings (SSSR count). The first-order chi connectivity index (χ1) is 20.9. The fourth-order valence-corrected chi connectivity index (χ4v) is 11.8. The van der Waals surface area contributed by atoms with Crippen LogP contribution in [0.1, 0.15) is 37.0 Å². The molecule has 15 atom stereocenters. The monoisotopic (exact) mass is 617 g/mol. The van der Waals surface area contributed by atoms with Crippen LogP contribution in [0.3, 0.4) is 0 Å². The average molecular weight is 618 g/mol. The van der Waals surface area contributed by atoms with E-state index in [2.05, 4.69) is 4.90 Å². The van der Waals surface area contributed by atoms with Gasteiger partial charge in [0.2, 0.25) is 0 Å². The number of esters is 2. The molecule has 242 valence electrons. The second-order valence-corrected chi connectivity index (χ2v) is 13.9. The van der Waals surface area contributed by atoms with E-state index in [1.54, 1.807) is 37.4 Å². The summed E-state index contributed by atoms with van der Waals surface area (Å²) in [6, 6.07) is 7.83. The van der Waals surface area contributed by atoms with Crippen LogP contribution in [0, 0.1) is 34.5 Å². The number of hydrogen-bond donors (Lipinski definition) is 5. The highest BCUT2D eigenvalue weighted by molar-refractivity contribution is 5.89. The number of aliphatic hydroxyl groups excluding tert-OH is 4. The van der Waals surface area contributed by atoms with Crippen LogP contribution in [-0.2, 0) is 23.7 Å². The van der Waals surface area contributed by atoms with E-state index in [0.717, 1.165) is 0 Å². The van der Waals surface area contributed by atoms with Crippen molar-refractivity contribution in [2.45, 2.75) is 80.6 Å². The molecule has 5 saturated carbocycles. The predicted octanol–water partition coefficient (Wildman–Crippen LogP) is -0.660.